The van der Waals surface area contributed by atoms with E-state index in [1.54, 1.807) is 32.5 Å². The molecule has 2 atom stereocenters. The zero-order valence-electron chi connectivity index (χ0n) is 10.0. The Morgan fingerprint density at radius 2 is 2.12 bits per heavy atom. The molecule has 1 heterocycles. The van der Waals surface area contributed by atoms with Gasteiger partial charge >= 0.3 is 0 Å². The summed E-state index contributed by atoms with van der Waals surface area (Å²) in [5.41, 5.74) is 0.591. The zero-order valence-corrected chi connectivity index (χ0v) is 10.0. The SMILES string of the molecule is COc1cccnc1C(O)CCC(C)OC. The van der Waals surface area contributed by atoms with Crippen molar-refractivity contribution in [3.8, 4) is 5.75 Å². The quantitative estimate of drug-likeness (QED) is 0.803. The van der Waals surface area contributed by atoms with E-state index >= 15 is 0 Å². The van der Waals surface area contributed by atoms with Crippen LogP contribution in [0.2, 0.25) is 0 Å². The van der Waals surface area contributed by atoms with E-state index in [-0.39, 0.29) is 6.10 Å². The van der Waals surface area contributed by atoms with Crippen molar-refractivity contribution in [2.75, 3.05) is 14.2 Å². The lowest BCUT2D eigenvalue weighted by Gasteiger charge is -2.15. The van der Waals surface area contributed by atoms with Crippen molar-refractivity contribution in [2.24, 2.45) is 0 Å². The molecule has 1 aromatic rings. The number of rotatable bonds is 6. The lowest BCUT2D eigenvalue weighted by molar-refractivity contribution is 0.0830. The Bertz CT molecular complexity index is 317. The van der Waals surface area contributed by atoms with E-state index in [0.717, 1.165) is 6.42 Å². The number of nitrogens with zero attached hydrogens (tertiary/aromatic N) is 1. The molecule has 1 aromatic heterocycles. The van der Waals surface area contributed by atoms with Crippen molar-refractivity contribution < 1.29 is 14.6 Å². The number of hydrogen-bond acceptors (Lipinski definition) is 4. The van der Waals surface area contributed by atoms with Gasteiger partial charge in [0.2, 0.25) is 0 Å². The second kappa shape index (κ2) is 6.45. The molecule has 0 fully saturated rings. The minimum absolute atomic E-state index is 0.143. The number of aromatic nitrogens is 1. The molecular weight excluding hydrogens is 206 g/mol. The summed E-state index contributed by atoms with van der Waals surface area (Å²) in [5, 5.41) is 9.98. The Hall–Kier alpha value is -1.13. The Morgan fingerprint density at radius 1 is 1.38 bits per heavy atom. The van der Waals surface area contributed by atoms with Gasteiger partial charge in [0, 0.05) is 13.3 Å². The average Bonchev–Trinajstić information content (AvgIpc) is 2.35. The average molecular weight is 225 g/mol. The standard InChI is InChI=1S/C12H19NO3/c1-9(15-2)6-7-10(14)12-11(16-3)5-4-8-13-12/h4-5,8-10,14H,6-7H2,1-3H3. The van der Waals surface area contributed by atoms with Gasteiger partial charge in [-0.05, 0) is 31.9 Å². The van der Waals surface area contributed by atoms with Gasteiger partial charge in [-0.2, -0.15) is 0 Å². The summed E-state index contributed by atoms with van der Waals surface area (Å²) in [5.74, 6) is 0.625. The molecule has 0 saturated carbocycles. The molecule has 1 rings (SSSR count). The molecular formula is C12H19NO3. The molecule has 0 aliphatic rings. The van der Waals surface area contributed by atoms with Crippen molar-refractivity contribution >= 4 is 0 Å². The largest absolute Gasteiger partial charge is 0.495 e. The monoisotopic (exact) mass is 225 g/mol. The third-order valence-corrected chi connectivity index (χ3v) is 2.58. The first kappa shape index (κ1) is 12.9. The molecule has 2 unspecified atom stereocenters. The highest BCUT2D eigenvalue weighted by molar-refractivity contribution is 5.28. The second-order valence-electron chi connectivity index (χ2n) is 3.73. The van der Waals surface area contributed by atoms with E-state index < -0.39 is 6.10 Å². The maximum Gasteiger partial charge on any atom is 0.143 e. The molecule has 0 saturated heterocycles. The van der Waals surface area contributed by atoms with Gasteiger partial charge in [0.15, 0.2) is 0 Å². The summed E-state index contributed by atoms with van der Waals surface area (Å²) in [6.45, 7) is 1.97. The van der Waals surface area contributed by atoms with Gasteiger partial charge in [0.1, 0.15) is 11.4 Å². The van der Waals surface area contributed by atoms with Crippen LogP contribution in [-0.4, -0.2) is 30.4 Å². The molecule has 0 aliphatic heterocycles. The Labute approximate surface area is 96.2 Å². The number of hydrogen-bond donors (Lipinski definition) is 1. The number of methoxy groups -OCH3 is 2. The second-order valence-corrected chi connectivity index (χ2v) is 3.73. The Balaban J connectivity index is 2.61. The molecule has 0 amide bonds. The van der Waals surface area contributed by atoms with Crippen LogP contribution in [-0.2, 0) is 4.74 Å². The molecule has 16 heavy (non-hydrogen) atoms. The van der Waals surface area contributed by atoms with Gasteiger partial charge < -0.3 is 14.6 Å². The van der Waals surface area contributed by atoms with Crippen LogP contribution in [0.4, 0.5) is 0 Å². The smallest absolute Gasteiger partial charge is 0.143 e. The molecule has 4 heteroatoms. The minimum atomic E-state index is -0.603. The first-order valence-electron chi connectivity index (χ1n) is 5.38. The van der Waals surface area contributed by atoms with Crippen LogP contribution in [0.25, 0.3) is 0 Å². The highest BCUT2D eigenvalue weighted by Crippen LogP contribution is 2.25. The van der Waals surface area contributed by atoms with Crippen LogP contribution in [0.5, 0.6) is 5.75 Å². The molecule has 0 radical (unpaired) electrons. The predicted molar refractivity (Wildman–Crippen MR) is 61.5 cm³/mol. The van der Waals surface area contributed by atoms with Crippen molar-refractivity contribution in [3.63, 3.8) is 0 Å². The van der Waals surface area contributed by atoms with Crippen molar-refractivity contribution in [1.29, 1.82) is 0 Å². The van der Waals surface area contributed by atoms with E-state index in [9.17, 15) is 5.11 Å². The van der Waals surface area contributed by atoms with Crippen LogP contribution >= 0.6 is 0 Å². The molecule has 0 aliphatic carbocycles. The number of ether oxygens (including phenoxy) is 2. The van der Waals surface area contributed by atoms with E-state index in [2.05, 4.69) is 4.98 Å². The van der Waals surface area contributed by atoms with Gasteiger partial charge in [-0.1, -0.05) is 0 Å². The third-order valence-electron chi connectivity index (χ3n) is 2.58. The summed E-state index contributed by atoms with van der Waals surface area (Å²) in [6.07, 6.45) is 2.60. The zero-order chi connectivity index (χ0) is 12.0. The number of pyridine rings is 1. The highest BCUT2D eigenvalue weighted by Gasteiger charge is 2.15. The fourth-order valence-corrected chi connectivity index (χ4v) is 1.47. The van der Waals surface area contributed by atoms with Crippen LogP contribution in [0, 0.1) is 0 Å². The Morgan fingerprint density at radius 3 is 2.75 bits per heavy atom. The van der Waals surface area contributed by atoms with Gasteiger partial charge in [-0.3, -0.25) is 4.98 Å². The van der Waals surface area contributed by atoms with Crippen LogP contribution in [0.15, 0.2) is 18.3 Å². The maximum absolute atomic E-state index is 9.98. The fraction of sp³-hybridized carbons (Fsp3) is 0.583. The lowest BCUT2D eigenvalue weighted by Crippen LogP contribution is -2.09. The van der Waals surface area contributed by atoms with Crippen molar-refractivity contribution in [3.05, 3.63) is 24.0 Å². The number of aliphatic hydroxyl groups is 1. The summed E-state index contributed by atoms with van der Waals surface area (Å²) in [4.78, 5) is 4.14. The highest BCUT2D eigenvalue weighted by atomic mass is 16.5. The van der Waals surface area contributed by atoms with E-state index in [4.69, 9.17) is 9.47 Å². The molecule has 0 bridgehead atoms. The van der Waals surface area contributed by atoms with Crippen molar-refractivity contribution in [2.45, 2.75) is 32.0 Å². The lowest BCUT2D eigenvalue weighted by atomic mass is 10.1. The van der Waals surface area contributed by atoms with Gasteiger partial charge in [0.25, 0.3) is 0 Å². The van der Waals surface area contributed by atoms with E-state index in [1.807, 2.05) is 6.92 Å². The molecule has 0 spiro atoms. The summed E-state index contributed by atoms with van der Waals surface area (Å²) in [7, 11) is 3.24. The first-order chi connectivity index (χ1) is 7.69. The topological polar surface area (TPSA) is 51.6 Å². The van der Waals surface area contributed by atoms with Crippen molar-refractivity contribution in [1.82, 2.24) is 4.98 Å². The van der Waals surface area contributed by atoms with Gasteiger partial charge in [-0.15, -0.1) is 0 Å². The van der Waals surface area contributed by atoms with E-state index in [0.29, 0.717) is 17.9 Å². The van der Waals surface area contributed by atoms with Crippen LogP contribution in [0.1, 0.15) is 31.6 Å². The molecule has 90 valence electrons. The predicted octanol–water partition coefficient (Wildman–Crippen LogP) is 1.94. The van der Waals surface area contributed by atoms with Gasteiger partial charge in [-0.25, -0.2) is 0 Å². The first-order valence-corrected chi connectivity index (χ1v) is 5.38. The van der Waals surface area contributed by atoms with Crippen LogP contribution in [0.3, 0.4) is 0 Å². The third kappa shape index (κ3) is 3.47. The summed E-state index contributed by atoms with van der Waals surface area (Å²) < 4.78 is 10.3. The molecule has 0 aromatic carbocycles. The molecule has 1 N–H and O–H groups in total. The van der Waals surface area contributed by atoms with E-state index in [1.165, 1.54) is 0 Å². The maximum atomic E-state index is 9.98. The normalized spacial score (nSPS) is 14.5. The number of aliphatic hydroxyl groups excluding tert-OH is 1. The minimum Gasteiger partial charge on any atom is -0.495 e. The van der Waals surface area contributed by atoms with Crippen LogP contribution < -0.4 is 4.74 Å². The summed E-state index contributed by atoms with van der Waals surface area (Å²) >= 11 is 0. The molecule has 4 nitrogen and oxygen atoms in total. The fourth-order valence-electron chi connectivity index (χ4n) is 1.47. The summed E-state index contributed by atoms with van der Waals surface area (Å²) in [6, 6.07) is 3.58. The Kier molecular flexibility index (Phi) is 5.22. The van der Waals surface area contributed by atoms with Gasteiger partial charge in [0.05, 0.1) is 19.3 Å².